The topological polar surface area (TPSA) is 0 Å². The van der Waals surface area contributed by atoms with Gasteiger partial charge in [-0.1, -0.05) is 109 Å². The maximum Gasteiger partial charge on any atom is 0.0964 e. The summed E-state index contributed by atoms with van der Waals surface area (Å²) >= 11 is 11.8. The molecule has 58 heavy (non-hydrogen) atoms. The molecule has 0 radical (unpaired) electrons. The summed E-state index contributed by atoms with van der Waals surface area (Å²) < 4.78 is -0.487. The summed E-state index contributed by atoms with van der Waals surface area (Å²) in [5.41, 5.74) is 17.6. The number of thiophene rings is 4. The highest BCUT2D eigenvalue weighted by Gasteiger charge is 2.57. The van der Waals surface area contributed by atoms with E-state index in [1.807, 2.05) is 45.3 Å². The highest BCUT2D eigenvalue weighted by atomic mass is 32.2. The Morgan fingerprint density at radius 2 is 0.707 bits per heavy atom. The smallest absolute Gasteiger partial charge is 0.0964 e. The van der Waals surface area contributed by atoms with Gasteiger partial charge in [0.2, 0.25) is 0 Å². The van der Waals surface area contributed by atoms with E-state index in [0.717, 1.165) is 0 Å². The van der Waals surface area contributed by atoms with Gasteiger partial charge in [-0.3, -0.25) is 0 Å². The largest absolute Gasteiger partial charge is 0.144 e. The molecule has 4 bridgehead atoms. The van der Waals surface area contributed by atoms with Gasteiger partial charge in [0.05, 0.1) is 9.49 Å². The second-order valence-corrected chi connectivity index (χ2v) is 22.3. The molecule has 4 aromatic carbocycles. The van der Waals surface area contributed by atoms with Crippen molar-refractivity contribution in [2.24, 2.45) is 0 Å². The van der Waals surface area contributed by atoms with Gasteiger partial charge in [0, 0.05) is 50.9 Å². The molecule has 0 nitrogen and oxygen atoms in total. The number of hydrogen-bond donors (Lipinski definition) is 0. The van der Waals surface area contributed by atoms with Gasteiger partial charge in [0.15, 0.2) is 0 Å². The fourth-order valence-electron chi connectivity index (χ4n) is 11.0. The van der Waals surface area contributed by atoms with Crippen LogP contribution >= 0.6 is 68.9 Å². The predicted molar refractivity (Wildman–Crippen MR) is 252 cm³/mol. The van der Waals surface area contributed by atoms with Gasteiger partial charge >= 0.3 is 0 Å². The van der Waals surface area contributed by atoms with Gasteiger partial charge < -0.3 is 0 Å². The van der Waals surface area contributed by atoms with E-state index in [1.165, 1.54) is 106 Å². The van der Waals surface area contributed by atoms with Crippen molar-refractivity contribution in [1.29, 1.82) is 0 Å². The van der Waals surface area contributed by atoms with Crippen molar-refractivity contribution in [2.75, 3.05) is 0 Å². The number of thioether (sulfide) groups is 2. The van der Waals surface area contributed by atoms with Crippen LogP contribution in [-0.4, -0.2) is 0 Å². The molecular formula is C52H30S6. The molecule has 8 aliphatic rings. The van der Waals surface area contributed by atoms with Gasteiger partial charge in [-0.15, -0.1) is 68.9 Å². The van der Waals surface area contributed by atoms with Crippen molar-refractivity contribution in [1.82, 2.24) is 0 Å². The van der Waals surface area contributed by atoms with Crippen molar-refractivity contribution in [3.63, 3.8) is 0 Å². The van der Waals surface area contributed by atoms with Crippen LogP contribution in [0.25, 0.3) is 30.7 Å². The molecular weight excluding hydrogens is 817 g/mol. The number of benzene rings is 4. The van der Waals surface area contributed by atoms with E-state index in [1.54, 1.807) is 0 Å². The lowest BCUT2D eigenvalue weighted by Gasteiger charge is -2.48. The van der Waals surface area contributed by atoms with Crippen LogP contribution in [-0.2, 0) is 9.49 Å². The van der Waals surface area contributed by atoms with Crippen LogP contribution in [0.2, 0.25) is 0 Å². The molecule has 0 unspecified atom stereocenters. The Labute approximate surface area is 361 Å². The summed E-state index contributed by atoms with van der Waals surface area (Å²) in [6, 6.07) is 55.6. The zero-order valence-electron chi connectivity index (χ0n) is 30.8. The Morgan fingerprint density at radius 1 is 0.345 bits per heavy atom. The van der Waals surface area contributed by atoms with Crippen LogP contribution in [0.3, 0.4) is 0 Å². The maximum absolute atomic E-state index is 2.55. The van der Waals surface area contributed by atoms with E-state index in [-0.39, 0.29) is 21.3 Å². The fraction of sp³-hybridized carbons (Fsp3) is 0.0769. The van der Waals surface area contributed by atoms with Crippen LogP contribution in [0.4, 0.5) is 0 Å². The number of hydrogen-bond acceptors (Lipinski definition) is 6. The van der Waals surface area contributed by atoms with E-state index in [0.29, 0.717) is 0 Å². The molecule has 274 valence electrons. The molecule has 0 saturated heterocycles. The molecule has 6 heteroatoms. The molecule has 0 saturated carbocycles. The summed E-state index contributed by atoms with van der Waals surface area (Å²) in [4.78, 5) is 10.9. The molecule has 8 aromatic rings. The first-order chi connectivity index (χ1) is 28.7. The Balaban J connectivity index is 0.865. The Hall–Kier alpha value is -4.66. The molecule has 2 aliphatic heterocycles. The Bertz CT molecular complexity index is 2880. The maximum atomic E-state index is 2.55. The van der Waals surface area contributed by atoms with Crippen molar-refractivity contribution in [2.45, 2.75) is 21.3 Å². The van der Waals surface area contributed by atoms with Crippen molar-refractivity contribution >= 4 is 89.8 Å². The van der Waals surface area contributed by atoms with Gasteiger partial charge in [-0.25, -0.2) is 0 Å². The van der Waals surface area contributed by atoms with Gasteiger partial charge in [0.25, 0.3) is 0 Å². The quantitative estimate of drug-likeness (QED) is 0.169. The molecule has 2 spiro atoms. The van der Waals surface area contributed by atoms with Gasteiger partial charge in [-0.2, -0.15) is 0 Å². The highest BCUT2D eigenvalue weighted by Crippen LogP contribution is 2.73. The molecule has 16 rings (SSSR count). The highest BCUT2D eigenvalue weighted by molar-refractivity contribution is 8.10. The lowest BCUT2D eigenvalue weighted by Crippen LogP contribution is -2.37. The van der Waals surface area contributed by atoms with Crippen LogP contribution in [0.1, 0.15) is 75.9 Å². The lowest BCUT2D eigenvalue weighted by molar-refractivity contribution is 0.763. The Kier molecular flexibility index (Phi) is 6.85. The van der Waals surface area contributed by atoms with Crippen LogP contribution in [0.5, 0.6) is 0 Å². The van der Waals surface area contributed by atoms with E-state index in [2.05, 4.69) is 192 Å². The monoisotopic (exact) mass is 846 g/mol. The third-order valence-corrected chi connectivity index (χ3v) is 20.7. The SMILES string of the molecule is C1=C(c2ccc(-c3ccc(C4=CC5=C(c6cccs6)C6c7ccccc7C5(S4)c4ccccc46)s3)s2)SC23C1=C(c1cccs1)C(c1ccccc12)c1ccccc13. The third-order valence-electron chi connectivity index (χ3n) is 13.1. The molecule has 0 fully saturated rings. The van der Waals surface area contributed by atoms with Crippen molar-refractivity contribution in [3.8, 4) is 9.75 Å². The van der Waals surface area contributed by atoms with Crippen LogP contribution in [0.15, 0.2) is 180 Å². The number of allylic oxidation sites excluding steroid dienone is 4. The standard InChI is InChI=1S/C52H30S6/c1-5-15-33-29(11-1)47-30-12-2-6-16-34(30)51(33)37(49(47)43-19-9-25-53-43)27-45(57-51)41-23-21-39(55-41)40-22-24-42(56-40)46-28-38-50(44-20-10-26-54-44)48-31-13-3-7-17-35(31)52(38,58-46)36-18-8-4-14-32(36)48/h1-28,47-48H. The Morgan fingerprint density at radius 3 is 1.07 bits per heavy atom. The molecule has 6 aliphatic carbocycles. The van der Waals surface area contributed by atoms with Crippen molar-refractivity contribution in [3.05, 3.63) is 244 Å². The number of rotatable bonds is 5. The average molecular weight is 847 g/mol. The van der Waals surface area contributed by atoms with Gasteiger partial charge in [-0.05, 0) is 126 Å². The minimum atomic E-state index is -0.244. The van der Waals surface area contributed by atoms with Crippen molar-refractivity contribution < 1.29 is 0 Å². The lowest BCUT2D eigenvalue weighted by atomic mass is 9.60. The second kappa shape index (κ2) is 12.0. The van der Waals surface area contributed by atoms with E-state index >= 15 is 0 Å². The zero-order chi connectivity index (χ0) is 37.7. The van der Waals surface area contributed by atoms with E-state index < -0.39 is 0 Å². The first-order valence-corrected chi connectivity index (χ1v) is 24.7. The molecule has 0 atom stereocenters. The minimum absolute atomic E-state index is 0.244. The average Bonchev–Trinajstić information content (AvgIpc) is 4.14. The first-order valence-electron chi connectivity index (χ1n) is 19.7. The van der Waals surface area contributed by atoms with E-state index in [4.69, 9.17) is 0 Å². The third kappa shape index (κ3) is 4.14. The summed E-state index contributed by atoms with van der Waals surface area (Å²) in [7, 11) is 0. The fourth-order valence-corrected chi connectivity index (χ4v) is 18.1. The summed E-state index contributed by atoms with van der Waals surface area (Å²) in [6.45, 7) is 0. The van der Waals surface area contributed by atoms with Crippen LogP contribution in [0, 0.1) is 0 Å². The normalized spacial score (nSPS) is 23.9. The predicted octanol–water partition coefficient (Wildman–Crippen LogP) is 15.5. The molecule has 0 amide bonds. The molecule has 4 aromatic heterocycles. The summed E-state index contributed by atoms with van der Waals surface area (Å²) in [6.07, 6.45) is 5.11. The van der Waals surface area contributed by atoms with E-state index in [9.17, 15) is 0 Å². The second-order valence-electron chi connectivity index (χ2n) is 15.7. The zero-order valence-corrected chi connectivity index (χ0v) is 35.7. The van der Waals surface area contributed by atoms with Gasteiger partial charge in [0.1, 0.15) is 0 Å². The first kappa shape index (κ1) is 33.2. The minimum Gasteiger partial charge on any atom is -0.144 e. The molecule has 6 heterocycles. The van der Waals surface area contributed by atoms with Crippen LogP contribution < -0.4 is 0 Å². The summed E-state index contributed by atoms with van der Waals surface area (Å²) in [5, 5.41) is 4.47. The molecule has 0 N–H and O–H groups in total. The summed E-state index contributed by atoms with van der Waals surface area (Å²) in [5.74, 6) is 0.505.